The summed E-state index contributed by atoms with van der Waals surface area (Å²) >= 11 is 0. The van der Waals surface area contributed by atoms with Gasteiger partial charge in [-0.1, -0.05) is 24.8 Å². The minimum atomic E-state index is 0.0147. The molecule has 2 heterocycles. The Labute approximate surface area is 171 Å². The van der Waals surface area contributed by atoms with Gasteiger partial charge in [-0.05, 0) is 48.7 Å². The second-order valence-electron chi connectivity index (χ2n) is 7.60. The zero-order chi connectivity index (χ0) is 20.4. The second kappa shape index (κ2) is 8.00. The van der Waals surface area contributed by atoms with Crippen LogP contribution in [0.3, 0.4) is 0 Å². The predicted molar refractivity (Wildman–Crippen MR) is 111 cm³/mol. The Hall–Kier alpha value is -3.26. The molecule has 0 radical (unpaired) electrons. The standard InChI is InChI=1S/C24H24N2O3/c1-3-24(27)26-18-8-9-19(26)14-21(13-18)29-20-11-16(15-25)10-17(12-20)22-6-4-5-7-23(22)28-2/h3-7,10-12,18-19,21H,1,8-9,13-14H2,2H3. The number of rotatable bonds is 5. The molecule has 2 atom stereocenters. The van der Waals surface area contributed by atoms with Crippen molar-refractivity contribution in [2.45, 2.75) is 43.9 Å². The quantitative estimate of drug-likeness (QED) is 0.716. The maximum Gasteiger partial charge on any atom is 0.246 e. The fourth-order valence-corrected chi connectivity index (χ4v) is 4.65. The average molecular weight is 388 g/mol. The van der Waals surface area contributed by atoms with E-state index in [-0.39, 0.29) is 24.1 Å². The van der Waals surface area contributed by atoms with Crippen LogP contribution in [0.25, 0.3) is 11.1 Å². The van der Waals surface area contributed by atoms with Gasteiger partial charge in [-0.3, -0.25) is 4.79 Å². The van der Waals surface area contributed by atoms with E-state index >= 15 is 0 Å². The zero-order valence-corrected chi connectivity index (χ0v) is 16.5. The summed E-state index contributed by atoms with van der Waals surface area (Å²) < 4.78 is 11.8. The number of methoxy groups -OCH3 is 1. The van der Waals surface area contributed by atoms with E-state index in [0.717, 1.165) is 42.6 Å². The van der Waals surface area contributed by atoms with Crippen LogP contribution in [0.4, 0.5) is 0 Å². The average Bonchev–Trinajstić information content (AvgIpc) is 3.03. The van der Waals surface area contributed by atoms with Crippen molar-refractivity contribution in [2.24, 2.45) is 0 Å². The number of fused-ring (bicyclic) bond motifs is 2. The van der Waals surface area contributed by atoms with E-state index in [1.165, 1.54) is 6.08 Å². The van der Waals surface area contributed by atoms with Gasteiger partial charge in [0, 0.05) is 30.5 Å². The van der Waals surface area contributed by atoms with E-state index in [2.05, 4.69) is 12.6 Å². The van der Waals surface area contributed by atoms with Crippen molar-refractivity contribution in [3.05, 3.63) is 60.7 Å². The van der Waals surface area contributed by atoms with Crippen molar-refractivity contribution < 1.29 is 14.3 Å². The number of para-hydroxylation sites is 1. The topological polar surface area (TPSA) is 62.6 Å². The third-order valence-electron chi connectivity index (χ3n) is 5.88. The lowest BCUT2D eigenvalue weighted by Gasteiger charge is -2.38. The van der Waals surface area contributed by atoms with E-state index < -0.39 is 0 Å². The number of carbonyl (C=O) groups is 1. The Morgan fingerprint density at radius 3 is 2.59 bits per heavy atom. The lowest BCUT2D eigenvalue weighted by atomic mass is 9.99. The number of piperidine rings is 1. The van der Waals surface area contributed by atoms with E-state index in [0.29, 0.717) is 11.3 Å². The van der Waals surface area contributed by atoms with Gasteiger partial charge in [-0.2, -0.15) is 5.26 Å². The molecule has 148 valence electrons. The monoisotopic (exact) mass is 388 g/mol. The number of hydrogen-bond donors (Lipinski definition) is 0. The zero-order valence-electron chi connectivity index (χ0n) is 16.5. The lowest BCUT2D eigenvalue weighted by Crippen LogP contribution is -2.48. The smallest absolute Gasteiger partial charge is 0.246 e. The summed E-state index contributed by atoms with van der Waals surface area (Å²) in [7, 11) is 1.64. The SMILES string of the molecule is C=CC(=O)N1C2CCC1CC(Oc1cc(C#N)cc(-c3ccccc3OC)c1)C2. The van der Waals surface area contributed by atoms with Crippen LogP contribution in [0, 0.1) is 11.3 Å². The van der Waals surface area contributed by atoms with Gasteiger partial charge in [0.05, 0.1) is 18.7 Å². The Morgan fingerprint density at radius 1 is 1.21 bits per heavy atom. The van der Waals surface area contributed by atoms with Crippen LogP contribution in [-0.2, 0) is 4.79 Å². The van der Waals surface area contributed by atoms with Gasteiger partial charge in [0.2, 0.25) is 5.91 Å². The van der Waals surface area contributed by atoms with Crippen LogP contribution in [0.2, 0.25) is 0 Å². The Kier molecular flexibility index (Phi) is 5.26. The molecule has 2 aromatic carbocycles. The molecule has 2 bridgehead atoms. The highest BCUT2D eigenvalue weighted by atomic mass is 16.5. The lowest BCUT2D eigenvalue weighted by molar-refractivity contribution is -0.131. The summed E-state index contributed by atoms with van der Waals surface area (Å²) in [5.74, 6) is 1.45. The predicted octanol–water partition coefficient (Wildman–Crippen LogP) is 4.32. The van der Waals surface area contributed by atoms with Gasteiger partial charge in [0.25, 0.3) is 0 Å². The van der Waals surface area contributed by atoms with Crippen molar-refractivity contribution in [1.29, 1.82) is 5.26 Å². The van der Waals surface area contributed by atoms with Crippen LogP contribution in [0.15, 0.2) is 55.1 Å². The van der Waals surface area contributed by atoms with E-state index in [1.807, 2.05) is 41.3 Å². The van der Waals surface area contributed by atoms with Crippen molar-refractivity contribution in [3.63, 3.8) is 0 Å². The highest BCUT2D eigenvalue weighted by Gasteiger charge is 2.43. The number of nitrogens with zero attached hydrogens (tertiary/aromatic N) is 2. The van der Waals surface area contributed by atoms with Crippen LogP contribution < -0.4 is 9.47 Å². The molecule has 5 heteroatoms. The molecule has 2 aliphatic rings. The van der Waals surface area contributed by atoms with Crippen molar-refractivity contribution in [1.82, 2.24) is 4.90 Å². The van der Waals surface area contributed by atoms with Gasteiger partial charge in [-0.25, -0.2) is 0 Å². The van der Waals surface area contributed by atoms with Gasteiger partial charge in [0.1, 0.15) is 17.6 Å². The van der Waals surface area contributed by atoms with Gasteiger partial charge >= 0.3 is 0 Å². The maximum atomic E-state index is 12.2. The molecule has 0 N–H and O–H groups in total. The second-order valence-corrected chi connectivity index (χ2v) is 7.60. The molecule has 2 aliphatic heterocycles. The summed E-state index contributed by atoms with van der Waals surface area (Å²) in [5.41, 5.74) is 2.35. The third kappa shape index (κ3) is 3.71. The first kappa shape index (κ1) is 19.1. The molecule has 2 unspecified atom stereocenters. The van der Waals surface area contributed by atoms with Gasteiger partial charge < -0.3 is 14.4 Å². The maximum absolute atomic E-state index is 12.2. The summed E-state index contributed by atoms with van der Waals surface area (Å²) in [6, 6.07) is 16.0. The fourth-order valence-electron chi connectivity index (χ4n) is 4.65. The molecule has 5 nitrogen and oxygen atoms in total. The largest absolute Gasteiger partial charge is 0.496 e. The molecule has 2 aromatic rings. The first-order chi connectivity index (χ1) is 14.1. The molecule has 0 aromatic heterocycles. The Balaban J connectivity index is 1.58. The molecule has 29 heavy (non-hydrogen) atoms. The summed E-state index contributed by atoms with van der Waals surface area (Å²) in [6.07, 6.45) is 5.06. The number of nitriles is 1. The highest BCUT2D eigenvalue weighted by molar-refractivity contribution is 5.87. The fraction of sp³-hybridized carbons (Fsp3) is 0.333. The highest BCUT2D eigenvalue weighted by Crippen LogP contribution is 2.38. The summed E-state index contributed by atoms with van der Waals surface area (Å²) in [6.45, 7) is 3.63. The molecule has 0 aliphatic carbocycles. The normalized spacial score (nSPS) is 22.6. The molecule has 0 spiro atoms. The number of ether oxygens (including phenoxy) is 2. The van der Waals surface area contributed by atoms with Crippen LogP contribution >= 0.6 is 0 Å². The molecular formula is C24H24N2O3. The van der Waals surface area contributed by atoms with Crippen molar-refractivity contribution >= 4 is 5.91 Å². The third-order valence-corrected chi connectivity index (χ3v) is 5.88. The summed E-state index contributed by atoms with van der Waals surface area (Å²) in [5, 5.41) is 9.49. The number of amides is 1. The van der Waals surface area contributed by atoms with Gasteiger partial charge in [0.15, 0.2) is 0 Å². The minimum absolute atomic E-state index is 0.0147. The summed E-state index contributed by atoms with van der Waals surface area (Å²) in [4.78, 5) is 14.1. The van der Waals surface area contributed by atoms with Gasteiger partial charge in [-0.15, -0.1) is 0 Å². The molecule has 4 rings (SSSR count). The molecular weight excluding hydrogens is 364 g/mol. The van der Waals surface area contributed by atoms with Crippen molar-refractivity contribution in [3.8, 4) is 28.7 Å². The van der Waals surface area contributed by atoms with E-state index in [1.54, 1.807) is 13.2 Å². The first-order valence-corrected chi connectivity index (χ1v) is 9.93. The van der Waals surface area contributed by atoms with Crippen LogP contribution in [0.5, 0.6) is 11.5 Å². The number of benzene rings is 2. The number of carbonyl (C=O) groups excluding carboxylic acids is 1. The minimum Gasteiger partial charge on any atom is -0.496 e. The molecule has 2 fully saturated rings. The van der Waals surface area contributed by atoms with Crippen LogP contribution in [0.1, 0.15) is 31.2 Å². The number of hydrogen-bond acceptors (Lipinski definition) is 4. The Morgan fingerprint density at radius 2 is 1.93 bits per heavy atom. The van der Waals surface area contributed by atoms with Crippen molar-refractivity contribution in [2.75, 3.05) is 7.11 Å². The van der Waals surface area contributed by atoms with E-state index in [9.17, 15) is 10.1 Å². The van der Waals surface area contributed by atoms with E-state index in [4.69, 9.17) is 9.47 Å². The molecule has 1 amide bonds. The Bertz CT molecular complexity index is 964. The van der Waals surface area contributed by atoms with Crippen LogP contribution in [-0.4, -0.2) is 36.1 Å². The first-order valence-electron chi connectivity index (χ1n) is 9.93. The molecule has 2 saturated heterocycles. The molecule has 0 saturated carbocycles.